The second-order valence-electron chi connectivity index (χ2n) is 2.35. The third-order valence-electron chi connectivity index (χ3n) is 1.67. The standard InChI is InChI=1S/C7H13NOSe/c1-2-7(9)8-3-5-10-6-4-8/h2-6H2,1H3. The molecule has 0 saturated carbocycles. The quantitative estimate of drug-likeness (QED) is 0.580. The Morgan fingerprint density at radius 1 is 1.50 bits per heavy atom. The van der Waals surface area contributed by atoms with E-state index in [0.29, 0.717) is 12.3 Å². The zero-order chi connectivity index (χ0) is 7.40. The van der Waals surface area contributed by atoms with Crippen LogP contribution < -0.4 is 0 Å². The molecule has 1 aliphatic heterocycles. The molecule has 0 aromatic rings. The van der Waals surface area contributed by atoms with Gasteiger partial charge in [-0.05, 0) is 0 Å². The van der Waals surface area contributed by atoms with Gasteiger partial charge in [0, 0.05) is 0 Å². The van der Waals surface area contributed by atoms with Crippen LogP contribution in [0, 0.1) is 0 Å². The Balaban J connectivity index is 2.31. The van der Waals surface area contributed by atoms with Crippen molar-refractivity contribution in [3.63, 3.8) is 0 Å². The van der Waals surface area contributed by atoms with Crippen molar-refractivity contribution in [2.45, 2.75) is 24.0 Å². The van der Waals surface area contributed by atoms with E-state index in [4.69, 9.17) is 0 Å². The number of hydrogen-bond donors (Lipinski definition) is 0. The molecule has 1 amide bonds. The first-order chi connectivity index (χ1) is 4.84. The minimum absolute atomic E-state index is 0.329. The number of carbonyl (C=O) groups excluding carboxylic acids is 1. The maximum absolute atomic E-state index is 11.1. The predicted octanol–water partition coefficient (Wildman–Crippen LogP) is 0.779. The van der Waals surface area contributed by atoms with E-state index in [-0.39, 0.29) is 0 Å². The molecule has 1 fully saturated rings. The summed E-state index contributed by atoms with van der Waals surface area (Å²) >= 11 is 0.824. The summed E-state index contributed by atoms with van der Waals surface area (Å²) in [7, 11) is 0. The molecule has 0 aromatic carbocycles. The molecule has 0 unspecified atom stereocenters. The van der Waals surface area contributed by atoms with Crippen molar-refractivity contribution in [1.82, 2.24) is 4.90 Å². The van der Waals surface area contributed by atoms with Crippen LogP contribution >= 0.6 is 0 Å². The van der Waals surface area contributed by atoms with Crippen LogP contribution in [-0.2, 0) is 4.79 Å². The SMILES string of the molecule is CCC(=O)N1CC[Se]CC1. The van der Waals surface area contributed by atoms with Gasteiger partial charge in [-0.3, -0.25) is 0 Å². The van der Waals surface area contributed by atoms with Crippen LogP contribution in [0.2, 0.25) is 10.6 Å². The number of hydrogen-bond acceptors (Lipinski definition) is 1. The average molecular weight is 206 g/mol. The Morgan fingerprint density at radius 3 is 2.60 bits per heavy atom. The normalized spacial score (nSPS) is 19.1. The van der Waals surface area contributed by atoms with Crippen molar-refractivity contribution in [3.8, 4) is 0 Å². The van der Waals surface area contributed by atoms with E-state index in [1.54, 1.807) is 0 Å². The van der Waals surface area contributed by atoms with Gasteiger partial charge >= 0.3 is 67.6 Å². The first-order valence-corrected chi connectivity index (χ1v) is 6.12. The van der Waals surface area contributed by atoms with Gasteiger partial charge in [-0.1, -0.05) is 0 Å². The summed E-state index contributed by atoms with van der Waals surface area (Å²) in [5.41, 5.74) is 0. The van der Waals surface area contributed by atoms with Crippen molar-refractivity contribution < 1.29 is 4.79 Å². The van der Waals surface area contributed by atoms with Crippen molar-refractivity contribution in [3.05, 3.63) is 0 Å². The molecular weight excluding hydrogens is 193 g/mol. The molecule has 0 aromatic heterocycles. The van der Waals surface area contributed by atoms with Gasteiger partial charge in [0.25, 0.3) is 0 Å². The minimum atomic E-state index is 0.329. The molecule has 1 heterocycles. The van der Waals surface area contributed by atoms with Crippen LogP contribution in [0.1, 0.15) is 13.3 Å². The fourth-order valence-corrected chi connectivity index (χ4v) is 2.93. The van der Waals surface area contributed by atoms with Gasteiger partial charge in [0.2, 0.25) is 0 Å². The van der Waals surface area contributed by atoms with Crippen LogP contribution in [0.15, 0.2) is 0 Å². The average Bonchev–Trinajstić information content (AvgIpc) is 2.05. The molecule has 2 nitrogen and oxygen atoms in total. The molecular formula is C7H13NOSe. The Labute approximate surface area is 68.1 Å². The Hall–Kier alpha value is -0.0105. The van der Waals surface area contributed by atoms with Gasteiger partial charge in [-0.25, -0.2) is 0 Å². The molecule has 58 valence electrons. The van der Waals surface area contributed by atoms with Crippen LogP contribution in [0.5, 0.6) is 0 Å². The third-order valence-corrected chi connectivity index (χ3v) is 3.64. The number of nitrogens with zero attached hydrogens (tertiary/aromatic N) is 1. The van der Waals surface area contributed by atoms with Crippen molar-refractivity contribution >= 4 is 20.9 Å². The first-order valence-electron chi connectivity index (χ1n) is 3.70. The van der Waals surface area contributed by atoms with Crippen molar-refractivity contribution in [2.24, 2.45) is 0 Å². The topological polar surface area (TPSA) is 20.3 Å². The van der Waals surface area contributed by atoms with Gasteiger partial charge in [0.1, 0.15) is 0 Å². The summed E-state index contributed by atoms with van der Waals surface area (Å²) in [5.74, 6) is 0.329. The van der Waals surface area contributed by atoms with Crippen molar-refractivity contribution in [1.29, 1.82) is 0 Å². The fraction of sp³-hybridized carbons (Fsp3) is 0.857. The maximum atomic E-state index is 11.1. The Bertz CT molecular complexity index is 121. The summed E-state index contributed by atoms with van der Waals surface area (Å²) in [4.78, 5) is 13.1. The molecule has 1 saturated heterocycles. The molecule has 10 heavy (non-hydrogen) atoms. The molecule has 1 aliphatic rings. The van der Waals surface area contributed by atoms with Crippen molar-refractivity contribution in [2.75, 3.05) is 13.1 Å². The summed E-state index contributed by atoms with van der Waals surface area (Å²) in [6, 6.07) is 0. The number of rotatable bonds is 1. The van der Waals surface area contributed by atoms with E-state index in [9.17, 15) is 4.79 Å². The van der Waals surface area contributed by atoms with Gasteiger partial charge in [-0.2, -0.15) is 0 Å². The monoisotopic (exact) mass is 207 g/mol. The van der Waals surface area contributed by atoms with Crippen LogP contribution in [0.3, 0.4) is 0 Å². The molecule has 1 rings (SSSR count). The molecule has 3 heteroatoms. The summed E-state index contributed by atoms with van der Waals surface area (Å²) in [6.07, 6.45) is 0.674. The second-order valence-corrected chi connectivity index (χ2v) is 4.92. The second kappa shape index (κ2) is 3.99. The van der Waals surface area contributed by atoms with E-state index in [1.165, 1.54) is 10.6 Å². The number of amides is 1. The number of carbonyl (C=O) groups is 1. The summed E-state index contributed by atoms with van der Waals surface area (Å²) < 4.78 is 0. The molecule has 0 atom stereocenters. The third kappa shape index (κ3) is 1.99. The Morgan fingerprint density at radius 2 is 2.10 bits per heavy atom. The summed E-state index contributed by atoms with van der Waals surface area (Å²) in [5, 5.41) is 2.53. The molecule has 0 bridgehead atoms. The summed E-state index contributed by atoms with van der Waals surface area (Å²) in [6.45, 7) is 3.97. The van der Waals surface area contributed by atoms with E-state index < -0.39 is 0 Å². The zero-order valence-electron chi connectivity index (χ0n) is 6.30. The van der Waals surface area contributed by atoms with E-state index >= 15 is 0 Å². The van der Waals surface area contributed by atoms with Gasteiger partial charge in [-0.15, -0.1) is 0 Å². The molecule has 0 aliphatic carbocycles. The van der Waals surface area contributed by atoms with Crippen LogP contribution in [-0.4, -0.2) is 38.9 Å². The van der Waals surface area contributed by atoms with Gasteiger partial charge in [0.15, 0.2) is 0 Å². The molecule has 0 N–H and O–H groups in total. The molecule has 0 spiro atoms. The predicted molar refractivity (Wildman–Crippen MR) is 42.2 cm³/mol. The molecule has 0 radical (unpaired) electrons. The first kappa shape index (κ1) is 8.09. The van der Waals surface area contributed by atoms with E-state index in [2.05, 4.69) is 0 Å². The Kier molecular flexibility index (Phi) is 3.23. The fourth-order valence-electron chi connectivity index (χ4n) is 1.04. The van der Waals surface area contributed by atoms with E-state index in [0.717, 1.165) is 28.0 Å². The zero-order valence-corrected chi connectivity index (χ0v) is 8.01. The van der Waals surface area contributed by atoms with Crippen LogP contribution in [0.4, 0.5) is 0 Å². The van der Waals surface area contributed by atoms with Crippen LogP contribution in [0.25, 0.3) is 0 Å². The van der Waals surface area contributed by atoms with E-state index in [1.807, 2.05) is 11.8 Å². The van der Waals surface area contributed by atoms with Gasteiger partial charge in [0.05, 0.1) is 0 Å². The van der Waals surface area contributed by atoms with Gasteiger partial charge < -0.3 is 0 Å².